The van der Waals surface area contributed by atoms with Crippen LogP contribution in [-0.4, -0.2) is 26.0 Å². The van der Waals surface area contributed by atoms with Gasteiger partial charge in [0, 0.05) is 30.6 Å². The van der Waals surface area contributed by atoms with Crippen LogP contribution < -0.4 is 24.8 Å². The lowest BCUT2D eigenvalue weighted by Gasteiger charge is -2.30. The molecule has 6 nitrogen and oxygen atoms in total. The highest BCUT2D eigenvalue weighted by atomic mass is 19.3. The summed E-state index contributed by atoms with van der Waals surface area (Å²) >= 11 is 0. The summed E-state index contributed by atoms with van der Waals surface area (Å²) in [7, 11) is 0. The number of fused-ring (bicyclic) bond motifs is 2. The summed E-state index contributed by atoms with van der Waals surface area (Å²) in [6, 6.07) is 10.6. The molecule has 1 aliphatic carbocycles. The average molecular weight is 376 g/mol. The number of halogens is 2. The molecule has 2 aromatic rings. The Labute approximate surface area is 154 Å². The molecule has 0 radical (unpaired) electrons. The normalized spacial score (nSPS) is 16.5. The van der Waals surface area contributed by atoms with E-state index in [0.717, 1.165) is 6.42 Å². The lowest BCUT2D eigenvalue weighted by atomic mass is 9.78. The van der Waals surface area contributed by atoms with Crippen LogP contribution in [0, 0.1) is 0 Å². The predicted octanol–water partition coefficient (Wildman–Crippen LogP) is 3.16. The van der Waals surface area contributed by atoms with Gasteiger partial charge in [-0.1, -0.05) is 24.3 Å². The Morgan fingerprint density at radius 1 is 1.19 bits per heavy atom. The van der Waals surface area contributed by atoms with Gasteiger partial charge in [0.05, 0.1) is 0 Å². The van der Waals surface area contributed by atoms with E-state index < -0.39 is 6.61 Å². The summed E-state index contributed by atoms with van der Waals surface area (Å²) in [5.74, 6) is 1.01. The fraction of sp³-hybridized carbons (Fsp3) is 0.316. The Balaban J connectivity index is 1.33. The number of hydrogen-bond acceptors (Lipinski definition) is 4. The van der Waals surface area contributed by atoms with Crippen LogP contribution in [0.3, 0.4) is 0 Å². The molecular weight excluding hydrogens is 358 g/mol. The van der Waals surface area contributed by atoms with E-state index in [2.05, 4.69) is 27.5 Å². The second-order valence-electron chi connectivity index (χ2n) is 6.36. The van der Waals surface area contributed by atoms with Gasteiger partial charge in [0.1, 0.15) is 5.75 Å². The van der Waals surface area contributed by atoms with Gasteiger partial charge in [-0.25, -0.2) is 4.79 Å². The van der Waals surface area contributed by atoms with Gasteiger partial charge < -0.3 is 24.8 Å². The Hall–Kier alpha value is -3.03. The molecule has 142 valence electrons. The standard InChI is InChI=1S/C19H18F2N2O4/c20-18(21)27-15-7-17-16(25-10-26-17)6-13(15)9-23-19(24)22-8-12-5-11-3-1-2-4-14(11)12/h1-4,6-7,12,18H,5,8-10H2,(H2,22,23,24)/t12-/m0/s1. The third-order valence-corrected chi connectivity index (χ3v) is 4.68. The number of benzene rings is 2. The van der Waals surface area contributed by atoms with Gasteiger partial charge in [0.25, 0.3) is 0 Å². The molecule has 4 rings (SSSR count). The third kappa shape index (κ3) is 3.74. The number of alkyl halides is 2. The van der Waals surface area contributed by atoms with E-state index in [1.54, 1.807) is 0 Å². The van der Waals surface area contributed by atoms with Crippen LogP contribution in [0.15, 0.2) is 36.4 Å². The van der Waals surface area contributed by atoms with E-state index in [1.165, 1.54) is 23.3 Å². The Morgan fingerprint density at radius 3 is 2.74 bits per heavy atom. The summed E-state index contributed by atoms with van der Waals surface area (Å²) < 4.78 is 40.2. The van der Waals surface area contributed by atoms with E-state index in [-0.39, 0.29) is 25.1 Å². The molecular formula is C19H18F2N2O4. The first-order valence-corrected chi connectivity index (χ1v) is 8.57. The number of carbonyl (C=O) groups is 1. The SMILES string of the molecule is O=C(NCc1cc2c(cc1OC(F)F)OCO2)NC[C@@H]1Cc2ccccc21. The lowest BCUT2D eigenvalue weighted by molar-refractivity contribution is -0.0505. The summed E-state index contributed by atoms with van der Waals surface area (Å²) in [6.07, 6.45) is 0.936. The molecule has 2 aliphatic rings. The summed E-state index contributed by atoms with van der Waals surface area (Å²) in [5.41, 5.74) is 2.93. The van der Waals surface area contributed by atoms with Gasteiger partial charge in [-0.05, 0) is 23.6 Å². The molecule has 2 amide bonds. The lowest BCUT2D eigenvalue weighted by Crippen LogP contribution is -2.39. The minimum Gasteiger partial charge on any atom is -0.454 e. The molecule has 0 fully saturated rings. The van der Waals surface area contributed by atoms with Crippen molar-refractivity contribution in [1.29, 1.82) is 0 Å². The van der Waals surface area contributed by atoms with Crippen LogP contribution in [0.4, 0.5) is 13.6 Å². The van der Waals surface area contributed by atoms with Crippen LogP contribution in [0.25, 0.3) is 0 Å². The Morgan fingerprint density at radius 2 is 1.96 bits per heavy atom. The fourth-order valence-corrected chi connectivity index (χ4v) is 3.31. The molecule has 0 spiro atoms. The molecule has 1 aliphatic heterocycles. The first-order valence-electron chi connectivity index (χ1n) is 8.57. The molecule has 27 heavy (non-hydrogen) atoms. The zero-order valence-corrected chi connectivity index (χ0v) is 14.3. The van der Waals surface area contributed by atoms with E-state index in [1.807, 2.05) is 12.1 Å². The molecule has 1 atom stereocenters. The largest absolute Gasteiger partial charge is 0.454 e. The van der Waals surface area contributed by atoms with Crippen molar-refractivity contribution in [3.8, 4) is 17.2 Å². The van der Waals surface area contributed by atoms with Crippen molar-refractivity contribution < 1.29 is 27.8 Å². The van der Waals surface area contributed by atoms with Crippen molar-refractivity contribution in [3.05, 3.63) is 53.1 Å². The fourth-order valence-electron chi connectivity index (χ4n) is 3.31. The van der Waals surface area contributed by atoms with E-state index in [0.29, 0.717) is 29.5 Å². The number of nitrogens with one attached hydrogen (secondary N) is 2. The van der Waals surface area contributed by atoms with Crippen LogP contribution in [-0.2, 0) is 13.0 Å². The molecule has 2 aromatic carbocycles. The molecule has 0 saturated heterocycles. The zero-order valence-electron chi connectivity index (χ0n) is 14.3. The molecule has 0 unspecified atom stereocenters. The van der Waals surface area contributed by atoms with E-state index >= 15 is 0 Å². The van der Waals surface area contributed by atoms with Gasteiger partial charge in [-0.15, -0.1) is 0 Å². The summed E-state index contributed by atoms with van der Waals surface area (Å²) in [6.45, 7) is -2.42. The molecule has 0 saturated carbocycles. The number of ether oxygens (including phenoxy) is 3. The van der Waals surface area contributed by atoms with Crippen molar-refractivity contribution in [1.82, 2.24) is 10.6 Å². The number of urea groups is 1. The minimum absolute atomic E-state index is 0.0175. The molecule has 0 aromatic heterocycles. The number of carbonyl (C=O) groups excluding carboxylic acids is 1. The Bertz CT molecular complexity index is 860. The number of amides is 2. The Kier molecular flexibility index (Phi) is 4.70. The van der Waals surface area contributed by atoms with Crippen molar-refractivity contribution in [2.45, 2.75) is 25.5 Å². The van der Waals surface area contributed by atoms with Gasteiger partial charge in [0.15, 0.2) is 11.5 Å². The quantitative estimate of drug-likeness (QED) is 0.813. The third-order valence-electron chi connectivity index (χ3n) is 4.68. The molecule has 0 bridgehead atoms. The molecule has 2 N–H and O–H groups in total. The average Bonchev–Trinajstić information content (AvgIpc) is 3.07. The maximum atomic E-state index is 12.6. The monoisotopic (exact) mass is 376 g/mol. The smallest absolute Gasteiger partial charge is 0.387 e. The summed E-state index contributed by atoms with van der Waals surface area (Å²) in [5, 5.41) is 5.47. The van der Waals surface area contributed by atoms with Crippen LogP contribution in [0.2, 0.25) is 0 Å². The van der Waals surface area contributed by atoms with Gasteiger partial charge >= 0.3 is 12.6 Å². The van der Waals surface area contributed by atoms with Crippen molar-refractivity contribution >= 4 is 6.03 Å². The summed E-state index contributed by atoms with van der Waals surface area (Å²) in [4.78, 5) is 12.1. The van der Waals surface area contributed by atoms with Gasteiger partial charge in [0.2, 0.25) is 6.79 Å². The van der Waals surface area contributed by atoms with Crippen molar-refractivity contribution in [2.75, 3.05) is 13.3 Å². The van der Waals surface area contributed by atoms with Crippen LogP contribution >= 0.6 is 0 Å². The number of hydrogen-bond donors (Lipinski definition) is 2. The molecule has 1 heterocycles. The predicted molar refractivity (Wildman–Crippen MR) is 92.3 cm³/mol. The van der Waals surface area contributed by atoms with Crippen molar-refractivity contribution in [2.24, 2.45) is 0 Å². The topological polar surface area (TPSA) is 68.8 Å². The molecule has 8 heteroatoms. The van der Waals surface area contributed by atoms with Gasteiger partial charge in [-0.3, -0.25) is 0 Å². The van der Waals surface area contributed by atoms with E-state index in [4.69, 9.17) is 9.47 Å². The second-order valence-corrected chi connectivity index (χ2v) is 6.36. The number of rotatable bonds is 6. The van der Waals surface area contributed by atoms with Crippen molar-refractivity contribution in [3.63, 3.8) is 0 Å². The van der Waals surface area contributed by atoms with Crippen LogP contribution in [0.5, 0.6) is 17.2 Å². The highest BCUT2D eigenvalue weighted by Crippen LogP contribution is 2.38. The minimum atomic E-state index is -2.98. The highest BCUT2D eigenvalue weighted by Gasteiger charge is 2.25. The maximum Gasteiger partial charge on any atom is 0.387 e. The second kappa shape index (κ2) is 7.30. The first-order chi connectivity index (χ1) is 13.1. The highest BCUT2D eigenvalue weighted by molar-refractivity contribution is 5.74. The maximum absolute atomic E-state index is 12.6. The first kappa shape index (κ1) is 17.4. The van der Waals surface area contributed by atoms with Gasteiger partial charge in [-0.2, -0.15) is 8.78 Å². The zero-order chi connectivity index (χ0) is 18.8. The van der Waals surface area contributed by atoms with E-state index in [9.17, 15) is 13.6 Å². The van der Waals surface area contributed by atoms with Crippen LogP contribution in [0.1, 0.15) is 22.6 Å².